The Kier molecular flexibility index (Phi) is 6.54. The standard InChI is InChI=1S/C11H22O3/c1-5-7-8-9-10(12)13-14-11(3,4)6-2/h5-9H2,1-4H3. The van der Waals surface area contributed by atoms with Crippen LogP contribution >= 0.6 is 0 Å². The molecule has 0 saturated heterocycles. The van der Waals surface area contributed by atoms with Crippen molar-refractivity contribution in [3.63, 3.8) is 0 Å². The van der Waals surface area contributed by atoms with Gasteiger partial charge in [-0.2, -0.15) is 4.89 Å². The molecule has 0 aromatic heterocycles. The van der Waals surface area contributed by atoms with Gasteiger partial charge in [0.2, 0.25) is 0 Å². The summed E-state index contributed by atoms with van der Waals surface area (Å²) in [6, 6.07) is 0. The molecule has 0 fully saturated rings. The minimum Gasteiger partial charge on any atom is -0.298 e. The van der Waals surface area contributed by atoms with E-state index in [9.17, 15) is 4.79 Å². The van der Waals surface area contributed by atoms with Gasteiger partial charge in [0.15, 0.2) is 0 Å². The second kappa shape index (κ2) is 6.82. The molecule has 84 valence electrons. The summed E-state index contributed by atoms with van der Waals surface area (Å²) in [7, 11) is 0. The summed E-state index contributed by atoms with van der Waals surface area (Å²) in [5.41, 5.74) is -0.375. The molecule has 3 nitrogen and oxygen atoms in total. The van der Waals surface area contributed by atoms with Crippen molar-refractivity contribution in [2.75, 3.05) is 0 Å². The molecule has 0 heterocycles. The minimum atomic E-state index is -0.375. The first-order chi connectivity index (χ1) is 6.52. The van der Waals surface area contributed by atoms with Crippen molar-refractivity contribution in [2.24, 2.45) is 0 Å². The number of hydrogen-bond acceptors (Lipinski definition) is 3. The highest BCUT2D eigenvalue weighted by Crippen LogP contribution is 2.14. The molecule has 0 aliphatic carbocycles. The summed E-state index contributed by atoms with van der Waals surface area (Å²) >= 11 is 0. The van der Waals surface area contributed by atoms with Gasteiger partial charge in [-0.25, -0.2) is 4.79 Å². The summed E-state index contributed by atoms with van der Waals surface area (Å²) in [6.07, 6.45) is 4.31. The summed E-state index contributed by atoms with van der Waals surface area (Å²) in [6.45, 7) is 7.88. The van der Waals surface area contributed by atoms with E-state index in [0.29, 0.717) is 6.42 Å². The summed E-state index contributed by atoms with van der Waals surface area (Å²) in [5.74, 6) is -0.264. The molecule has 0 aliphatic rings. The average Bonchev–Trinajstić information content (AvgIpc) is 2.16. The zero-order chi connectivity index (χ0) is 11.0. The maximum atomic E-state index is 11.1. The lowest BCUT2D eigenvalue weighted by Crippen LogP contribution is -2.25. The third kappa shape index (κ3) is 6.89. The fourth-order valence-electron chi connectivity index (χ4n) is 0.779. The van der Waals surface area contributed by atoms with E-state index in [1.165, 1.54) is 0 Å². The first-order valence-corrected chi connectivity index (χ1v) is 5.40. The second-order valence-corrected chi connectivity index (χ2v) is 4.11. The lowest BCUT2D eigenvalue weighted by molar-refractivity contribution is -0.325. The molecular formula is C11H22O3. The summed E-state index contributed by atoms with van der Waals surface area (Å²) < 4.78 is 0. The molecule has 0 radical (unpaired) electrons. The molecule has 3 heteroatoms. The molecule has 0 atom stereocenters. The van der Waals surface area contributed by atoms with Crippen LogP contribution in [0.4, 0.5) is 0 Å². The fourth-order valence-corrected chi connectivity index (χ4v) is 0.779. The van der Waals surface area contributed by atoms with Gasteiger partial charge in [0.25, 0.3) is 0 Å². The van der Waals surface area contributed by atoms with Crippen LogP contribution in [0, 0.1) is 0 Å². The average molecular weight is 202 g/mol. The highest BCUT2D eigenvalue weighted by Gasteiger charge is 2.19. The Morgan fingerprint density at radius 2 is 1.86 bits per heavy atom. The van der Waals surface area contributed by atoms with E-state index in [4.69, 9.17) is 9.78 Å². The van der Waals surface area contributed by atoms with Gasteiger partial charge >= 0.3 is 5.97 Å². The van der Waals surface area contributed by atoms with Crippen molar-refractivity contribution in [1.29, 1.82) is 0 Å². The number of rotatable bonds is 7. The maximum absolute atomic E-state index is 11.1. The van der Waals surface area contributed by atoms with E-state index >= 15 is 0 Å². The lowest BCUT2D eigenvalue weighted by atomic mass is 10.1. The van der Waals surface area contributed by atoms with Crippen LogP contribution in [-0.4, -0.2) is 11.6 Å². The number of hydrogen-bond donors (Lipinski definition) is 0. The number of carbonyl (C=O) groups is 1. The molecule has 0 spiro atoms. The molecule has 0 amide bonds. The molecule has 0 bridgehead atoms. The Bertz CT molecular complexity index is 164. The highest BCUT2D eigenvalue weighted by molar-refractivity contribution is 5.68. The third-order valence-corrected chi connectivity index (χ3v) is 2.20. The van der Waals surface area contributed by atoms with E-state index < -0.39 is 0 Å². The predicted octanol–water partition coefficient (Wildman–Crippen LogP) is 3.23. The number of unbranched alkanes of at least 4 members (excludes halogenated alkanes) is 2. The van der Waals surface area contributed by atoms with Crippen LogP contribution in [0.1, 0.15) is 59.8 Å². The quantitative estimate of drug-likeness (QED) is 0.361. The van der Waals surface area contributed by atoms with Gasteiger partial charge in [0, 0.05) is 6.42 Å². The zero-order valence-corrected chi connectivity index (χ0v) is 9.76. The van der Waals surface area contributed by atoms with Crippen molar-refractivity contribution in [1.82, 2.24) is 0 Å². The SMILES string of the molecule is CCCCCC(=O)OOC(C)(C)CC. The Morgan fingerprint density at radius 1 is 1.21 bits per heavy atom. The van der Waals surface area contributed by atoms with Crippen molar-refractivity contribution >= 4 is 5.97 Å². The van der Waals surface area contributed by atoms with Crippen LogP contribution in [0.3, 0.4) is 0 Å². The zero-order valence-electron chi connectivity index (χ0n) is 9.76. The first kappa shape index (κ1) is 13.4. The van der Waals surface area contributed by atoms with Crippen LogP contribution in [0.15, 0.2) is 0 Å². The van der Waals surface area contributed by atoms with E-state index in [0.717, 1.165) is 25.7 Å². The largest absolute Gasteiger partial charge is 0.342 e. The Morgan fingerprint density at radius 3 is 2.36 bits per heavy atom. The van der Waals surface area contributed by atoms with Gasteiger partial charge in [-0.3, -0.25) is 4.89 Å². The van der Waals surface area contributed by atoms with Gasteiger partial charge < -0.3 is 0 Å². The number of carbonyl (C=O) groups excluding carboxylic acids is 1. The Labute approximate surface area is 86.7 Å². The molecule has 0 aliphatic heterocycles. The molecule has 0 unspecified atom stereocenters. The van der Waals surface area contributed by atoms with Crippen molar-refractivity contribution < 1.29 is 14.6 Å². The lowest BCUT2D eigenvalue weighted by Gasteiger charge is -2.20. The third-order valence-electron chi connectivity index (χ3n) is 2.20. The molecule has 0 saturated carbocycles. The van der Waals surface area contributed by atoms with E-state index in [-0.39, 0.29) is 11.6 Å². The van der Waals surface area contributed by atoms with Crippen LogP contribution in [-0.2, 0) is 14.6 Å². The predicted molar refractivity (Wildman–Crippen MR) is 55.7 cm³/mol. The second-order valence-electron chi connectivity index (χ2n) is 4.11. The maximum Gasteiger partial charge on any atom is 0.342 e. The monoisotopic (exact) mass is 202 g/mol. The van der Waals surface area contributed by atoms with E-state index in [1.54, 1.807) is 0 Å². The van der Waals surface area contributed by atoms with Crippen LogP contribution in [0.2, 0.25) is 0 Å². The molecular weight excluding hydrogens is 180 g/mol. The van der Waals surface area contributed by atoms with Gasteiger partial charge in [-0.1, -0.05) is 26.7 Å². The fraction of sp³-hybridized carbons (Fsp3) is 0.909. The molecule has 0 aromatic carbocycles. The smallest absolute Gasteiger partial charge is 0.298 e. The van der Waals surface area contributed by atoms with Crippen LogP contribution < -0.4 is 0 Å². The first-order valence-electron chi connectivity index (χ1n) is 5.40. The molecule has 0 aromatic rings. The van der Waals surface area contributed by atoms with Crippen molar-refractivity contribution in [2.45, 2.75) is 65.4 Å². The van der Waals surface area contributed by atoms with E-state index in [1.807, 2.05) is 20.8 Å². The molecule has 14 heavy (non-hydrogen) atoms. The molecule has 0 N–H and O–H groups in total. The highest BCUT2D eigenvalue weighted by atomic mass is 17.2. The topological polar surface area (TPSA) is 35.5 Å². The summed E-state index contributed by atoms with van der Waals surface area (Å²) in [5, 5.41) is 0. The van der Waals surface area contributed by atoms with Gasteiger partial charge in [-0.05, 0) is 26.7 Å². The van der Waals surface area contributed by atoms with Gasteiger partial charge in [0.1, 0.15) is 5.60 Å². The summed E-state index contributed by atoms with van der Waals surface area (Å²) in [4.78, 5) is 20.9. The van der Waals surface area contributed by atoms with Gasteiger partial charge in [-0.15, -0.1) is 0 Å². The van der Waals surface area contributed by atoms with Crippen molar-refractivity contribution in [3.05, 3.63) is 0 Å². The Hall–Kier alpha value is -0.570. The minimum absolute atomic E-state index is 0.264. The molecule has 0 rings (SSSR count). The Balaban J connectivity index is 3.53. The van der Waals surface area contributed by atoms with Gasteiger partial charge in [0.05, 0.1) is 0 Å². The van der Waals surface area contributed by atoms with E-state index in [2.05, 4.69) is 6.92 Å². The van der Waals surface area contributed by atoms with Crippen LogP contribution in [0.25, 0.3) is 0 Å². The van der Waals surface area contributed by atoms with Crippen LogP contribution in [0.5, 0.6) is 0 Å². The van der Waals surface area contributed by atoms with Crippen molar-refractivity contribution in [3.8, 4) is 0 Å². The normalized spacial score (nSPS) is 11.4.